The first-order chi connectivity index (χ1) is 53.2. The molecule has 0 saturated carbocycles. The number of carbonyl (C=O) groups is 8. The van der Waals surface area contributed by atoms with Crippen LogP contribution in [0.3, 0.4) is 0 Å². The number of aromatic hydroxyl groups is 1. The van der Waals surface area contributed by atoms with Crippen molar-refractivity contribution < 1.29 is 86.5 Å². The molecule has 2 aliphatic heterocycles. The van der Waals surface area contributed by atoms with Crippen molar-refractivity contribution in [2.45, 2.75) is 281 Å². The van der Waals surface area contributed by atoms with Crippen molar-refractivity contribution in [1.82, 2.24) is 39.3 Å². The molecule has 1 aromatic heterocycles. The molecule has 2 unspecified atom stereocenters. The van der Waals surface area contributed by atoms with Gasteiger partial charge in [-0.05, 0) is 246 Å². The van der Waals surface area contributed by atoms with Crippen molar-refractivity contribution in [3.8, 4) is 5.75 Å². The summed E-state index contributed by atoms with van der Waals surface area (Å²) in [5.74, 6) is -2.61. The van der Waals surface area contributed by atoms with E-state index < -0.39 is 63.4 Å². The number of azide groups is 1. The lowest BCUT2D eigenvalue weighted by atomic mass is 10.0. The molecule has 5 amide bonds. The summed E-state index contributed by atoms with van der Waals surface area (Å²) in [5, 5.41) is 34.8. The minimum atomic E-state index is -0.821. The second-order valence-electron chi connectivity index (χ2n) is 30.9. The third-order valence-corrected chi connectivity index (χ3v) is 16.4. The van der Waals surface area contributed by atoms with Crippen LogP contribution in [-0.4, -0.2) is 262 Å². The van der Waals surface area contributed by atoms with Gasteiger partial charge in [-0.3, -0.25) is 19.3 Å². The van der Waals surface area contributed by atoms with E-state index in [1.54, 1.807) is 114 Å². The maximum absolute atomic E-state index is 13.1. The normalized spacial score (nSPS) is 14.7. The summed E-state index contributed by atoms with van der Waals surface area (Å²) in [4.78, 5) is 119. The van der Waals surface area contributed by atoms with Crippen LogP contribution < -0.4 is 16.5 Å². The number of aliphatic hydroxyl groups is 2. The van der Waals surface area contributed by atoms with Gasteiger partial charge in [0.05, 0.1) is 49.4 Å². The van der Waals surface area contributed by atoms with Gasteiger partial charge in [-0.25, -0.2) is 33.2 Å². The molecule has 1 aromatic carbocycles. The summed E-state index contributed by atoms with van der Waals surface area (Å²) < 4.78 is 44.6. The first-order valence-electron chi connectivity index (χ1n) is 38.9. The number of rotatable bonds is 25. The minimum absolute atomic E-state index is 0.0418. The van der Waals surface area contributed by atoms with Crippen LogP contribution in [0.15, 0.2) is 65.2 Å². The number of ether oxygens (including phenoxy) is 6. The third-order valence-electron chi connectivity index (χ3n) is 16.4. The number of likely N-dealkylation sites (N-methyl/N-ethyl adjacent to an activating group) is 3. The Hall–Kier alpha value is -7.34. The first kappa shape index (κ1) is 116. The molecule has 3 heterocycles. The zero-order valence-electron chi connectivity index (χ0n) is 74.2. The molecule has 0 bridgehead atoms. The molecule has 34 heteroatoms. The topological polar surface area (TPSA) is 381 Å². The molecule has 0 aliphatic carbocycles. The van der Waals surface area contributed by atoms with Crippen LogP contribution in [0.1, 0.15) is 230 Å². The second kappa shape index (κ2) is 62.8. The number of Topliss-reactive ketones (excluding diaryl/α,β-unsaturated/α-hetero) is 1. The highest BCUT2D eigenvalue weighted by molar-refractivity contribution is 7.16. The molecule has 6 N–H and O–H groups in total. The highest BCUT2D eigenvalue weighted by Gasteiger charge is 2.40. The number of hydrogen-bond acceptors (Lipinski definition) is 22. The molecule has 2 aromatic rings. The van der Waals surface area contributed by atoms with Crippen molar-refractivity contribution in [3.05, 3.63) is 98.6 Å². The van der Waals surface area contributed by atoms with E-state index in [0.717, 1.165) is 56.7 Å². The number of hydrogen-bond donors (Lipinski definition) is 5. The zero-order chi connectivity index (χ0) is 90.3. The Morgan fingerprint density at radius 2 is 1.18 bits per heavy atom. The average molecular weight is 1700 g/mol. The Kier molecular flexibility index (Phi) is 63.5. The van der Waals surface area contributed by atoms with Gasteiger partial charge in [-0.2, -0.15) is 0 Å². The van der Waals surface area contributed by atoms with E-state index in [4.69, 9.17) is 68.4 Å². The molecule has 30 nitrogen and oxygen atoms in total. The second-order valence-corrected chi connectivity index (χ2v) is 32.5. The number of aromatic nitrogens is 1. The van der Waals surface area contributed by atoms with Gasteiger partial charge in [-0.15, -0.1) is 32.4 Å². The number of fused-ring (bicyclic) bond motifs is 2. The van der Waals surface area contributed by atoms with Gasteiger partial charge in [0.1, 0.15) is 34.4 Å². The third kappa shape index (κ3) is 55.8. The predicted molar refractivity (Wildman–Crippen MR) is 459 cm³/mol. The first-order valence-corrected chi connectivity index (χ1v) is 40.8. The maximum atomic E-state index is 13.1. The molecule has 1 fully saturated rings. The Balaban J connectivity index is -0.000000424. The summed E-state index contributed by atoms with van der Waals surface area (Å²) in [7, 11) is 13.2. The lowest BCUT2D eigenvalue weighted by molar-refractivity contribution is -0.138. The summed E-state index contributed by atoms with van der Waals surface area (Å²) in [5.41, 5.74) is 11.3. The largest absolute Gasteiger partial charge is 0.503 e. The molecule has 1 saturated heterocycles. The Labute approximate surface area is 698 Å². The molecule has 115 heavy (non-hydrogen) atoms. The Bertz CT molecular complexity index is 3250. The number of alkyl halides is 2. The van der Waals surface area contributed by atoms with Crippen molar-refractivity contribution in [2.24, 2.45) is 10.8 Å². The van der Waals surface area contributed by atoms with E-state index >= 15 is 0 Å². The highest BCUT2D eigenvalue weighted by Crippen LogP contribution is 2.29. The van der Waals surface area contributed by atoms with Crippen molar-refractivity contribution in [3.63, 3.8) is 0 Å². The average Bonchev–Trinajstić information content (AvgIpc) is 1.71. The molecular formula is C81H146Cl2FN12O18P. The lowest BCUT2D eigenvalue weighted by Gasteiger charge is -2.42. The van der Waals surface area contributed by atoms with Gasteiger partial charge in [0.15, 0.2) is 17.2 Å². The standard InChI is InChI=1S/C23H26FN3O4.C13H23NO4.C11H22N4O2.C11H23NO3.C9H19NO3.C6H16N2.C5H8O2.C2H7P.CH2Cl2/c1-14-4-3-11-27-19(25(14)2)13-26-12-17(21(29)22(30)20(26)23(27)31)18(28)10-7-15-5-8-16(24)9-6-15;1-7-17-11(15)9-8-10(2)14(6)12(16)18-13(3,4)5;1-9(7-6-8-13-14-12)15(5)10(16)17-11(2,3)4;1-9(7-6-8-13)12(5)10(14)15-11(2,3)4;1-7(6-11)10(5)8(12)13-9(2,3)4;1-6(8-2)4-3-5-7;1-3-5(6)7-4-2;1-2-3;2-1-3/h5-6,8-9,12,14,19,30H,3-4,7,10-11,13H2,1-2H3;8-10H,7H2,1-6H3;9H,6-8H2,1-5H3;9,13H,6-8H2,1-5H3;7,11H,6H2,1-5H3;6,8H,3-5,7H2,1-2H3;3H,1,4H2,2H3;2-3H2,1H3;1H2/b;9-8+;;;;;;;/t14-,19?;10-;2*9-;7-;6-;;;/m000000.../s1. The van der Waals surface area contributed by atoms with E-state index in [1.807, 2.05) is 90.3 Å². The highest BCUT2D eigenvalue weighted by atomic mass is 35.5. The number of aliphatic hydroxyl groups excluding tert-OH is 2. The van der Waals surface area contributed by atoms with E-state index in [1.165, 1.54) is 46.8 Å². The van der Waals surface area contributed by atoms with Crippen molar-refractivity contribution in [2.75, 3.05) is 99.8 Å². The van der Waals surface area contributed by atoms with Gasteiger partial charge >= 0.3 is 36.3 Å². The maximum Gasteiger partial charge on any atom is 0.410 e. The van der Waals surface area contributed by atoms with Crippen LogP contribution in [0.2, 0.25) is 0 Å². The number of nitrogens with zero attached hydrogens (tertiary/aromatic N) is 10. The molecule has 8 atom stereocenters. The molecule has 4 rings (SSSR count). The number of halogens is 3. The van der Waals surface area contributed by atoms with Crippen LogP contribution in [-0.2, 0) is 51.0 Å². The zero-order valence-corrected chi connectivity index (χ0v) is 76.9. The number of benzene rings is 1. The minimum Gasteiger partial charge on any atom is -0.503 e. The van der Waals surface area contributed by atoms with Crippen LogP contribution in [0, 0.1) is 5.82 Å². The SMILES string of the molecule is C=CC(=O)OCC.CCOC(=O)/C=C/[C@H](C)N(C)C(=O)OC(C)(C)C.CCP.CN[C@@H](C)CCCN.C[C@@H](CCCN=[N+]=[N-])N(C)C(=O)OC(C)(C)C.C[C@@H](CCCO)N(C)C(=O)OC(C)(C)C.C[C@@H](CO)N(C)C(=O)OC(C)(C)C.C[C@H]1CCCN2C(=O)c3c(O)c(=O)c(C(=O)CCc4ccc(F)cc4)cn3CC2N1C.ClCCl. The monoisotopic (exact) mass is 1690 g/mol. The van der Waals surface area contributed by atoms with Crippen LogP contribution in [0.5, 0.6) is 5.75 Å². The number of ketones is 1. The lowest BCUT2D eigenvalue weighted by Crippen LogP contribution is -2.56. The number of esters is 2. The van der Waals surface area contributed by atoms with Gasteiger partial charge < -0.3 is 83.9 Å². The van der Waals surface area contributed by atoms with E-state index in [2.05, 4.69) is 61.6 Å². The van der Waals surface area contributed by atoms with E-state index in [0.29, 0.717) is 51.7 Å². The van der Waals surface area contributed by atoms with Gasteiger partial charge in [0.25, 0.3) is 5.91 Å². The predicted octanol–water partition coefficient (Wildman–Crippen LogP) is 14.7. The van der Waals surface area contributed by atoms with Crippen LogP contribution >= 0.6 is 32.4 Å². The summed E-state index contributed by atoms with van der Waals surface area (Å²) >= 11 is 9.53. The molecule has 2 aliphatic rings. The fourth-order valence-electron chi connectivity index (χ4n) is 9.21. The molecule has 0 spiro atoms. The van der Waals surface area contributed by atoms with Gasteiger partial charge in [0, 0.05) is 102 Å². The van der Waals surface area contributed by atoms with E-state index in [-0.39, 0.29) is 96.6 Å². The fourth-order valence-corrected chi connectivity index (χ4v) is 9.21. The number of amides is 5. The van der Waals surface area contributed by atoms with Crippen LogP contribution in [0.4, 0.5) is 23.6 Å². The Morgan fingerprint density at radius 3 is 1.57 bits per heavy atom. The number of nitrogens with one attached hydrogen (secondary N) is 1. The molecular weight excluding hydrogens is 1550 g/mol. The number of aryl methyl sites for hydroxylation is 1. The number of carbonyl (C=O) groups excluding carboxylic acids is 8. The van der Waals surface area contributed by atoms with E-state index in [9.17, 15) is 52.6 Å². The number of pyridine rings is 1. The molecule has 0 radical (unpaired) electrons. The van der Waals surface area contributed by atoms with Gasteiger partial charge in [0.2, 0.25) is 5.43 Å². The quantitative estimate of drug-likeness (QED) is 0.00589. The van der Waals surface area contributed by atoms with Gasteiger partial charge in [-0.1, -0.05) is 36.8 Å². The summed E-state index contributed by atoms with van der Waals surface area (Å²) in [6, 6.07) is 6.44. The smallest absolute Gasteiger partial charge is 0.410 e. The molecule has 664 valence electrons. The van der Waals surface area contributed by atoms with Crippen molar-refractivity contribution in [1.29, 1.82) is 0 Å². The van der Waals surface area contributed by atoms with Crippen molar-refractivity contribution >= 4 is 80.4 Å². The fraction of sp³-hybridized carbons (Fsp3) is 0.716. The summed E-state index contributed by atoms with van der Waals surface area (Å²) in [6.07, 6.45) is 12.5. The summed E-state index contributed by atoms with van der Waals surface area (Å²) in [6.45, 7) is 45.4. The number of nitrogens with two attached hydrogens (primary N) is 1. The van der Waals surface area contributed by atoms with Crippen LogP contribution in [0.25, 0.3) is 10.4 Å². The Morgan fingerprint density at radius 1 is 0.748 bits per heavy atom.